The summed E-state index contributed by atoms with van der Waals surface area (Å²) in [6.45, 7) is 1.96. The minimum absolute atomic E-state index is 0.166. The molecular weight excluding hydrogens is 316 g/mol. The predicted octanol–water partition coefficient (Wildman–Crippen LogP) is 3.12. The Morgan fingerprint density at radius 1 is 1.16 bits per heavy atom. The molecule has 3 aromatic heterocycles. The summed E-state index contributed by atoms with van der Waals surface area (Å²) in [5, 5.41) is 24.6. The number of nitrogens with zero attached hydrogens (tertiary/aromatic N) is 3. The van der Waals surface area contributed by atoms with Crippen LogP contribution in [0.5, 0.6) is 0 Å². The van der Waals surface area contributed by atoms with Gasteiger partial charge in [-0.1, -0.05) is 0 Å². The number of aliphatic hydroxyl groups excluding tert-OH is 1. The van der Waals surface area contributed by atoms with E-state index in [4.69, 9.17) is 4.98 Å². The molecule has 0 atom stereocenters. The number of aromatic nitrogens is 4. The molecular formula is C18H22N6O. The normalized spacial score (nSPS) is 20.6. The Morgan fingerprint density at radius 2 is 2.00 bits per heavy atom. The third-order valence-electron chi connectivity index (χ3n) is 4.60. The fourth-order valence-corrected chi connectivity index (χ4v) is 3.28. The maximum Gasteiger partial charge on any atom is 0.153 e. The van der Waals surface area contributed by atoms with Gasteiger partial charge in [-0.3, -0.25) is 10.1 Å². The highest BCUT2D eigenvalue weighted by Gasteiger charge is 2.20. The van der Waals surface area contributed by atoms with Crippen molar-refractivity contribution < 1.29 is 5.11 Å². The number of anilines is 3. The first-order valence-corrected chi connectivity index (χ1v) is 8.67. The molecule has 0 spiro atoms. The van der Waals surface area contributed by atoms with E-state index < -0.39 is 0 Å². The van der Waals surface area contributed by atoms with Gasteiger partial charge in [-0.25, -0.2) is 4.98 Å². The average Bonchev–Trinajstić information content (AvgIpc) is 3.02. The van der Waals surface area contributed by atoms with E-state index >= 15 is 0 Å². The molecule has 7 nitrogen and oxygen atoms in total. The van der Waals surface area contributed by atoms with Crippen molar-refractivity contribution in [3.05, 3.63) is 36.2 Å². The number of hydrogen-bond acceptors (Lipinski definition) is 6. The Hall–Kier alpha value is -2.67. The Labute approximate surface area is 145 Å². The number of fused-ring (bicyclic) bond motifs is 1. The molecule has 0 radical (unpaired) electrons. The molecule has 3 heterocycles. The molecule has 7 heteroatoms. The second-order valence-electron chi connectivity index (χ2n) is 6.64. The number of pyridine rings is 2. The van der Waals surface area contributed by atoms with Gasteiger partial charge < -0.3 is 15.7 Å². The molecule has 0 bridgehead atoms. The van der Waals surface area contributed by atoms with Crippen molar-refractivity contribution in [2.75, 3.05) is 10.6 Å². The van der Waals surface area contributed by atoms with E-state index in [2.05, 4.69) is 25.8 Å². The molecule has 0 aromatic carbocycles. The number of hydrogen-bond donors (Lipinski definition) is 4. The summed E-state index contributed by atoms with van der Waals surface area (Å²) in [7, 11) is 0. The van der Waals surface area contributed by atoms with Crippen LogP contribution in [0.3, 0.4) is 0 Å². The highest BCUT2D eigenvalue weighted by molar-refractivity contribution is 5.91. The Kier molecular flexibility index (Phi) is 4.23. The lowest BCUT2D eigenvalue weighted by Crippen LogP contribution is -2.28. The summed E-state index contributed by atoms with van der Waals surface area (Å²) in [5.74, 6) is 2.25. The first-order valence-electron chi connectivity index (χ1n) is 8.67. The summed E-state index contributed by atoms with van der Waals surface area (Å²) in [5.41, 5.74) is 1.87. The van der Waals surface area contributed by atoms with Crippen LogP contribution < -0.4 is 10.6 Å². The van der Waals surface area contributed by atoms with Crippen molar-refractivity contribution in [1.82, 2.24) is 20.2 Å². The minimum atomic E-state index is -0.166. The van der Waals surface area contributed by atoms with Gasteiger partial charge in [-0.05, 0) is 44.7 Å². The highest BCUT2D eigenvalue weighted by atomic mass is 16.3. The molecule has 25 heavy (non-hydrogen) atoms. The third-order valence-corrected chi connectivity index (χ3v) is 4.60. The fourth-order valence-electron chi connectivity index (χ4n) is 3.28. The molecule has 0 unspecified atom stereocenters. The Balaban J connectivity index is 1.64. The Bertz CT molecular complexity index is 869. The molecule has 1 aliphatic carbocycles. The summed E-state index contributed by atoms with van der Waals surface area (Å²) in [6.07, 6.45) is 5.17. The number of rotatable bonds is 4. The molecule has 4 N–H and O–H groups in total. The lowest BCUT2D eigenvalue weighted by molar-refractivity contribution is 0.126. The summed E-state index contributed by atoms with van der Waals surface area (Å²) in [6, 6.07) is 8.12. The van der Waals surface area contributed by atoms with Gasteiger partial charge >= 0.3 is 0 Å². The molecule has 4 rings (SSSR count). The van der Waals surface area contributed by atoms with Gasteiger partial charge in [0.2, 0.25) is 0 Å². The van der Waals surface area contributed by atoms with Crippen molar-refractivity contribution >= 4 is 28.4 Å². The smallest absolute Gasteiger partial charge is 0.153 e. The zero-order valence-electron chi connectivity index (χ0n) is 14.2. The van der Waals surface area contributed by atoms with E-state index in [-0.39, 0.29) is 6.10 Å². The van der Waals surface area contributed by atoms with Gasteiger partial charge in [-0.2, -0.15) is 5.10 Å². The number of nitrogens with one attached hydrogen (secondary N) is 3. The average molecular weight is 338 g/mol. The van der Waals surface area contributed by atoms with Gasteiger partial charge in [0.1, 0.15) is 11.6 Å². The van der Waals surface area contributed by atoms with Crippen LogP contribution >= 0.6 is 0 Å². The van der Waals surface area contributed by atoms with Gasteiger partial charge in [0.05, 0.1) is 11.6 Å². The maximum absolute atomic E-state index is 9.70. The van der Waals surface area contributed by atoms with Crippen LogP contribution in [0.2, 0.25) is 0 Å². The van der Waals surface area contributed by atoms with Crippen molar-refractivity contribution in [2.24, 2.45) is 0 Å². The monoisotopic (exact) mass is 338 g/mol. The standard InChI is InChI=1S/C18H22N6O/c1-11-9-17(24-23-11)21-16-10-15-14(3-2-8-19-15)18(22-16)20-12-4-6-13(25)7-5-12/h2-3,8-10,12-13,25H,4-7H2,1H3,(H3,20,21,22,23,24). The first kappa shape index (κ1) is 15.8. The van der Waals surface area contributed by atoms with E-state index in [1.165, 1.54) is 0 Å². The van der Waals surface area contributed by atoms with E-state index in [0.29, 0.717) is 11.9 Å². The van der Waals surface area contributed by atoms with Crippen LogP contribution in [0, 0.1) is 6.92 Å². The number of aryl methyl sites for hydroxylation is 1. The summed E-state index contributed by atoms with van der Waals surface area (Å²) in [4.78, 5) is 9.21. The van der Waals surface area contributed by atoms with E-state index in [9.17, 15) is 5.11 Å². The lowest BCUT2D eigenvalue weighted by Gasteiger charge is -2.27. The van der Waals surface area contributed by atoms with E-state index in [1.807, 2.05) is 31.2 Å². The van der Waals surface area contributed by atoms with Crippen molar-refractivity contribution in [2.45, 2.75) is 44.8 Å². The Morgan fingerprint density at radius 3 is 2.76 bits per heavy atom. The van der Waals surface area contributed by atoms with Gasteiger partial charge in [0.15, 0.2) is 5.82 Å². The number of H-pyrrole nitrogens is 1. The number of aliphatic hydroxyl groups is 1. The van der Waals surface area contributed by atoms with Gasteiger partial charge in [0, 0.05) is 35.5 Å². The SMILES string of the molecule is Cc1cc(Nc2cc3ncccc3c(NC3CCC(O)CC3)n2)n[nH]1. The summed E-state index contributed by atoms with van der Waals surface area (Å²) >= 11 is 0. The first-order chi connectivity index (χ1) is 12.2. The lowest BCUT2D eigenvalue weighted by atomic mass is 9.93. The highest BCUT2D eigenvalue weighted by Crippen LogP contribution is 2.28. The van der Waals surface area contributed by atoms with Crippen LogP contribution in [0.1, 0.15) is 31.4 Å². The molecule has 1 saturated carbocycles. The topological polar surface area (TPSA) is 98.8 Å². The quantitative estimate of drug-likeness (QED) is 0.583. The largest absolute Gasteiger partial charge is 0.393 e. The van der Waals surface area contributed by atoms with E-state index in [0.717, 1.165) is 53.9 Å². The molecule has 130 valence electrons. The molecule has 3 aromatic rings. The second kappa shape index (κ2) is 6.68. The number of aromatic amines is 1. The maximum atomic E-state index is 9.70. The van der Waals surface area contributed by atoms with Crippen LogP contribution in [0.15, 0.2) is 30.5 Å². The van der Waals surface area contributed by atoms with Crippen molar-refractivity contribution in [3.8, 4) is 0 Å². The molecule has 0 saturated heterocycles. The third kappa shape index (κ3) is 3.56. The zero-order chi connectivity index (χ0) is 17.2. The molecule has 0 amide bonds. The molecule has 1 aliphatic rings. The summed E-state index contributed by atoms with van der Waals surface area (Å²) < 4.78 is 0. The zero-order valence-corrected chi connectivity index (χ0v) is 14.2. The van der Waals surface area contributed by atoms with Crippen LogP contribution in [0.25, 0.3) is 10.9 Å². The van der Waals surface area contributed by atoms with E-state index in [1.54, 1.807) is 6.20 Å². The van der Waals surface area contributed by atoms with Gasteiger partial charge in [-0.15, -0.1) is 0 Å². The molecule has 1 fully saturated rings. The van der Waals surface area contributed by atoms with Crippen LogP contribution in [0.4, 0.5) is 17.5 Å². The predicted molar refractivity (Wildman–Crippen MR) is 98.0 cm³/mol. The molecule has 0 aliphatic heterocycles. The van der Waals surface area contributed by atoms with Gasteiger partial charge in [0.25, 0.3) is 0 Å². The second-order valence-corrected chi connectivity index (χ2v) is 6.64. The van der Waals surface area contributed by atoms with Crippen LogP contribution in [-0.4, -0.2) is 37.4 Å². The van der Waals surface area contributed by atoms with Crippen molar-refractivity contribution in [1.29, 1.82) is 0 Å². The minimum Gasteiger partial charge on any atom is -0.393 e. The fraction of sp³-hybridized carbons (Fsp3) is 0.389. The van der Waals surface area contributed by atoms with Crippen LogP contribution in [-0.2, 0) is 0 Å². The van der Waals surface area contributed by atoms with Crippen molar-refractivity contribution in [3.63, 3.8) is 0 Å².